The SMILES string of the molecule is CC1(C)CC(=O)C=C(c2ccc([N+](=O)[O-])cc2)O1. The molecule has 5 heteroatoms. The van der Waals surface area contributed by atoms with Crippen LogP contribution in [0.4, 0.5) is 5.69 Å². The van der Waals surface area contributed by atoms with Gasteiger partial charge in [-0.25, -0.2) is 0 Å². The highest BCUT2D eigenvalue weighted by Crippen LogP contribution is 2.31. The van der Waals surface area contributed by atoms with E-state index in [0.29, 0.717) is 17.7 Å². The lowest BCUT2D eigenvalue weighted by molar-refractivity contribution is -0.384. The average molecular weight is 247 g/mol. The first-order valence-electron chi connectivity index (χ1n) is 5.56. The van der Waals surface area contributed by atoms with E-state index in [2.05, 4.69) is 0 Å². The Morgan fingerprint density at radius 3 is 2.39 bits per heavy atom. The number of carbonyl (C=O) groups is 1. The Labute approximate surface area is 104 Å². The molecule has 1 aromatic rings. The number of benzene rings is 1. The lowest BCUT2D eigenvalue weighted by Crippen LogP contribution is -2.30. The fourth-order valence-corrected chi connectivity index (χ4v) is 1.87. The van der Waals surface area contributed by atoms with Crippen molar-refractivity contribution >= 4 is 17.2 Å². The van der Waals surface area contributed by atoms with E-state index < -0.39 is 10.5 Å². The van der Waals surface area contributed by atoms with Crippen LogP contribution in [0.3, 0.4) is 0 Å². The van der Waals surface area contributed by atoms with Gasteiger partial charge < -0.3 is 4.74 Å². The van der Waals surface area contributed by atoms with Gasteiger partial charge in [0.05, 0.1) is 4.92 Å². The van der Waals surface area contributed by atoms with Gasteiger partial charge in [0.2, 0.25) is 0 Å². The van der Waals surface area contributed by atoms with Gasteiger partial charge in [0.1, 0.15) is 11.4 Å². The number of nitro groups is 1. The molecule has 1 heterocycles. The Morgan fingerprint density at radius 1 is 1.28 bits per heavy atom. The van der Waals surface area contributed by atoms with Crippen LogP contribution in [0.5, 0.6) is 0 Å². The molecule has 0 N–H and O–H groups in total. The molecule has 0 fully saturated rings. The third kappa shape index (κ3) is 2.56. The summed E-state index contributed by atoms with van der Waals surface area (Å²) >= 11 is 0. The molecule has 0 saturated carbocycles. The lowest BCUT2D eigenvalue weighted by atomic mass is 9.97. The van der Waals surface area contributed by atoms with Crippen molar-refractivity contribution in [1.29, 1.82) is 0 Å². The minimum atomic E-state index is -0.539. The quantitative estimate of drug-likeness (QED) is 0.595. The molecule has 0 aliphatic carbocycles. The smallest absolute Gasteiger partial charge is 0.269 e. The van der Waals surface area contributed by atoms with Crippen LogP contribution in [0.25, 0.3) is 5.76 Å². The maximum absolute atomic E-state index is 11.6. The van der Waals surface area contributed by atoms with Crippen molar-refractivity contribution in [3.8, 4) is 0 Å². The van der Waals surface area contributed by atoms with E-state index in [1.54, 1.807) is 12.1 Å². The second-order valence-electron chi connectivity index (χ2n) is 4.82. The van der Waals surface area contributed by atoms with Crippen LogP contribution in [0, 0.1) is 10.1 Å². The zero-order valence-corrected chi connectivity index (χ0v) is 10.2. The third-order valence-corrected chi connectivity index (χ3v) is 2.64. The molecule has 1 aromatic carbocycles. The molecule has 0 atom stereocenters. The molecule has 0 unspecified atom stereocenters. The molecule has 0 aromatic heterocycles. The van der Waals surface area contributed by atoms with E-state index in [1.807, 2.05) is 13.8 Å². The molecule has 5 nitrogen and oxygen atoms in total. The van der Waals surface area contributed by atoms with Crippen molar-refractivity contribution in [2.45, 2.75) is 25.9 Å². The van der Waals surface area contributed by atoms with E-state index in [4.69, 9.17) is 4.74 Å². The van der Waals surface area contributed by atoms with Crippen LogP contribution < -0.4 is 0 Å². The number of non-ortho nitro benzene ring substituents is 1. The van der Waals surface area contributed by atoms with Crippen LogP contribution in [0.2, 0.25) is 0 Å². The van der Waals surface area contributed by atoms with Crippen LogP contribution >= 0.6 is 0 Å². The van der Waals surface area contributed by atoms with Gasteiger partial charge in [-0.05, 0) is 26.0 Å². The van der Waals surface area contributed by atoms with Gasteiger partial charge in [-0.15, -0.1) is 0 Å². The van der Waals surface area contributed by atoms with E-state index in [-0.39, 0.29) is 11.5 Å². The van der Waals surface area contributed by atoms with Crippen LogP contribution in [0.15, 0.2) is 30.3 Å². The lowest BCUT2D eigenvalue weighted by Gasteiger charge is -2.30. The summed E-state index contributed by atoms with van der Waals surface area (Å²) in [6, 6.07) is 5.95. The maximum atomic E-state index is 11.6. The highest BCUT2D eigenvalue weighted by Gasteiger charge is 2.29. The van der Waals surface area contributed by atoms with Gasteiger partial charge in [0.25, 0.3) is 5.69 Å². The van der Waals surface area contributed by atoms with E-state index >= 15 is 0 Å². The van der Waals surface area contributed by atoms with Crippen LogP contribution in [-0.4, -0.2) is 16.3 Å². The van der Waals surface area contributed by atoms with Crippen molar-refractivity contribution in [2.24, 2.45) is 0 Å². The number of allylic oxidation sites excluding steroid dienone is 1. The van der Waals surface area contributed by atoms with Gasteiger partial charge in [-0.1, -0.05) is 0 Å². The second kappa shape index (κ2) is 4.25. The van der Waals surface area contributed by atoms with Crippen molar-refractivity contribution < 1.29 is 14.5 Å². The van der Waals surface area contributed by atoms with Crippen molar-refractivity contribution in [3.05, 3.63) is 46.0 Å². The number of carbonyl (C=O) groups excluding carboxylic acids is 1. The highest BCUT2D eigenvalue weighted by atomic mass is 16.6. The number of nitrogens with zero attached hydrogens (tertiary/aromatic N) is 1. The number of hydrogen-bond acceptors (Lipinski definition) is 4. The largest absolute Gasteiger partial charge is 0.487 e. The summed E-state index contributed by atoms with van der Waals surface area (Å²) in [4.78, 5) is 21.7. The highest BCUT2D eigenvalue weighted by molar-refractivity contribution is 5.97. The Bertz CT molecular complexity index is 528. The van der Waals surface area contributed by atoms with Crippen LogP contribution in [-0.2, 0) is 9.53 Å². The monoisotopic (exact) mass is 247 g/mol. The number of ketones is 1. The molecule has 0 bridgehead atoms. The molecule has 18 heavy (non-hydrogen) atoms. The summed E-state index contributed by atoms with van der Waals surface area (Å²) in [6.45, 7) is 3.67. The van der Waals surface area contributed by atoms with Crippen LogP contribution in [0.1, 0.15) is 25.8 Å². The minimum absolute atomic E-state index is 0.000368. The van der Waals surface area contributed by atoms with Crippen molar-refractivity contribution in [2.75, 3.05) is 0 Å². The van der Waals surface area contributed by atoms with Gasteiger partial charge in [-0.3, -0.25) is 14.9 Å². The molecule has 0 spiro atoms. The molecule has 1 aliphatic rings. The fourth-order valence-electron chi connectivity index (χ4n) is 1.87. The zero-order chi connectivity index (χ0) is 13.3. The number of nitro benzene ring substituents is 1. The first-order valence-corrected chi connectivity index (χ1v) is 5.56. The topological polar surface area (TPSA) is 69.4 Å². The Balaban J connectivity index is 2.31. The number of rotatable bonds is 2. The summed E-state index contributed by atoms with van der Waals surface area (Å²) in [7, 11) is 0. The van der Waals surface area contributed by atoms with Crippen molar-refractivity contribution in [3.63, 3.8) is 0 Å². The minimum Gasteiger partial charge on any atom is -0.487 e. The Hall–Kier alpha value is -2.17. The summed E-state index contributed by atoms with van der Waals surface area (Å²) in [5.74, 6) is 0.464. The normalized spacial score (nSPS) is 17.9. The predicted octanol–water partition coefficient (Wildman–Crippen LogP) is 2.70. The van der Waals surface area contributed by atoms with E-state index in [0.717, 1.165) is 0 Å². The fraction of sp³-hybridized carbons (Fsp3) is 0.308. The summed E-state index contributed by atoms with van der Waals surface area (Å²) in [6.07, 6.45) is 1.77. The third-order valence-electron chi connectivity index (χ3n) is 2.64. The van der Waals surface area contributed by atoms with E-state index in [9.17, 15) is 14.9 Å². The van der Waals surface area contributed by atoms with Gasteiger partial charge in [0.15, 0.2) is 5.78 Å². The molecule has 1 aliphatic heterocycles. The first-order chi connectivity index (χ1) is 8.37. The molecule has 0 radical (unpaired) electrons. The van der Waals surface area contributed by atoms with Crippen molar-refractivity contribution in [1.82, 2.24) is 0 Å². The molecule has 0 amide bonds. The number of hydrogen-bond donors (Lipinski definition) is 0. The molecule has 0 saturated heterocycles. The standard InChI is InChI=1S/C13H13NO4/c1-13(2)8-11(15)7-12(18-13)9-3-5-10(6-4-9)14(16)17/h3-7H,8H2,1-2H3. The predicted molar refractivity (Wildman–Crippen MR) is 65.9 cm³/mol. The molecular weight excluding hydrogens is 234 g/mol. The second-order valence-corrected chi connectivity index (χ2v) is 4.82. The maximum Gasteiger partial charge on any atom is 0.269 e. The molecular formula is C13H13NO4. The van der Waals surface area contributed by atoms with Gasteiger partial charge in [0, 0.05) is 30.2 Å². The van der Waals surface area contributed by atoms with E-state index in [1.165, 1.54) is 18.2 Å². The molecule has 94 valence electrons. The first kappa shape index (κ1) is 12.3. The van der Waals surface area contributed by atoms with Gasteiger partial charge in [-0.2, -0.15) is 0 Å². The van der Waals surface area contributed by atoms with Gasteiger partial charge >= 0.3 is 0 Å². The summed E-state index contributed by atoms with van der Waals surface area (Å²) < 4.78 is 5.70. The summed E-state index contributed by atoms with van der Waals surface area (Å²) in [5, 5.41) is 10.5. The zero-order valence-electron chi connectivity index (χ0n) is 10.2. The summed E-state index contributed by atoms with van der Waals surface area (Å²) in [5.41, 5.74) is 0.144. The Morgan fingerprint density at radius 2 is 1.89 bits per heavy atom. The number of ether oxygens (including phenoxy) is 1. The Kier molecular flexibility index (Phi) is 2.90. The average Bonchev–Trinajstić information content (AvgIpc) is 2.26. The molecule has 2 rings (SSSR count).